The highest BCUT2D eigenvalue weighted by Crippen LogP contribution is 2.33. The Hall–Kier alpha value is -3.17. The van der Waals surface area contributed by atoms with Crippen LogP contribution >= 0.6 is 23.1 Å². The molecule has 0 atom stereocenters. The van der Waals surface area contributed by atoms with E-state index in [1.54, 1.807) is 30.7 Å². The molecular weight excluding hydrogens is 454 g/mol. The van der Waals surface area contributed by atoms with E-state index in [-0.39, 0.29) is 5.91 Å². The minimum absolute atomic E-state index is 0.0621. The van der Waals surface area contributed by atoms with Gasteiger partial charge in [-0.15, -0.1) is 21.5 Å². The molecule has 2 heterocycles. The van der Waals surface area contributed by atoms with Gasteiger partial charge in [-0.2, -0.15) is 0 Å². The van der Waals surface area contributed by atoms with Crippen molar-refractivity contribution in [1.29, 1.82) is 0 Å². The number of benzene rings is 2. The van der Waals surface area contributed by atoms with Gasteiger partial charge in [-0.3, -0.25) is 9.69 Å². The minimum Gasteiger partial charge on any atom is -0.497 e. The second-order valence-corrected chi connectivity index (χ2v) is 9.43. The van der Waals surface area contributed by atoms with Crippen molar-refractivity contribution >= 4 is 39.8 Å². The number of hydrogen-bond acceptors (Lipinski definition) is 7. The first-order valence-electron chi connectivity index (χ1n) is 10.4. The zero-order chi connectivity index (χ0) is 23.5. The molecule has 170 valence electrons. The maximum absolute atomic E-state index is 12.5. The lowest BCUT2D eigenvalue weighted by Crippen LogP contribution is -2.23. The van der Waals surface area contributed by atoms with Crippen LogP contribution in [0, 0.1) is 13.8 Å². The molecule has 0 N–H and O–H groups in total. The fourth-order valence-electron chi connectivity index (χ4n) is 3.50. The van der Waals surface area contributed by atoms with Crippen LogP contribution < -0.4 is 9.64 Å². The fraction of sp³-hybridized carbons (Fsp3) is 0.250. The highest BCUT2D eigenvalue weighted by molar-refractivity contribution is 7.98. The van der Waals surface area contributed by atoms with Gasteiger partial charge in [0, 0.05) is 30.7 Å². The first-order chi connectivity index (χ1) is 15.9. The molecule has 0 saturated heterocycles. The van der Waals surface area contributed by atoms with Crippen molar-refractivity contribution < 1.29 is 9.53 Å². The van der Waals surface area contributed by atoms with Gasteiger partial charge in [0.25, 0.3) is 0 Å². The number of anilines is 2. The number of aromatic nitrogens is 4. The van der Waals surface area contributed by atoms with E-state index >= 15 is 0 Å². The van der Waals surface area contributed by atoms with Gasteiger partial charge in [-0.1, -0.05) is 29.5 Å². The van der Waals surface area contributed by atoms with Gasteiger partial charge < -0.3 is 9.30 Å². The van der Waals surface area contributed by atoms with E-state index in [0.29, 0.717) is 10.9 Å². The summed E-state index contributed by atoms with van der Waals surface area (Å²) in [6, 6.07) is 13.8. The van der Waals surface area contributed by atoms with E-state index in [0.717, 1.165) is 44.8 Å². The van der Waals surface area contributed by atoms with E-state index in [9.17, 15) is 4.79 Å². The van der Waals surface area contributed by atoms with Crippen LogP contribution in [0.15, 0.2) is 53.0 Å². The first-order valence-corrected chi connectivity index (χ1v) is 12.2. The quantitative estimate of drug-likeness (QED) is 0.324. The normalized spacial score (nSPS) is 10.9. The SMILES string of the molecule is COc1ccc(-c2nnc(SCc3csc(N(C(C)=O)c4ccc(C)cc4C)n3)n2C)cc1. The largest absolute Gasteiger partial charge is 0.497 e. The number of aryl methyl sites for hydroxylation is 2. The molecule has 0 aliphatic heterocycles. The molecule has 9 heteroatoms. The minimum atomic E-state index is -0.0621. The second kappa shape index (κ2) is 9.76. The monoisotopic (exact) mass is 479 g/mol. The van der Waals surface area contributed by atoms with Crippen LogP contribution in [0.1, 0.15) is 23.7 Å². The van der Waals surface area contributed by atoms with Gasteiger partial charge in [0.1, 0.15) is 5.75 Å². The van der Waals surface area contributed by atoms with Gasteiger partial charge in [0.2, 0.25) is 5.91 Å². The molecule has 0 spiro atoms. The van der Waals surface area contributed by atoms with Crippen molar-refractivity contribution in [2.24, 2.45) is 7.05 Å². The third kappa shape index (κ3) is 4.94. The summed E-state index contributed by atoms with van der Waals surface area (Å²) in [5.74, 6) is 2.16. The van der Waals surface area contributed by atoms with Crippen molar-refractivity contribution in [3.05, 3.63) is 64.7 Å². The summed E-state index contributed by atoms with van der Waals surface area (Å²) in [7, 11) is 3.60. The van der Waals surface area contributed by atoms with Crippen LogP contribution in [0.25, 0.3) is 11.4 Å². The number of nitrogens with zero attached hydrogens (tertiary/aromatic N) is 5. The summed E-state index contributed by atoms with van der Waals surface area (Å²) in [5, 5.41) is 12.1. The number of carbonyl (C=O) groups is 1. The van der Waals surface area contributed by atoms with Gasteiger partial charge in [-0.25, -0.2) is 4.98 Å². The number of hydrogen-bond donors (Lipinski definition) is 0. The molecule has 4 rings (SSSR count). The number of methoxy groups -OCH3 is 1. The Balaban J connectivity index is 1.50. The second-order valence-electron chi connectivity index (χ2n) is 7.65. The Morgan fingerprint density at radius 3 is 2.58 bits per heavy atom. The molecular formula is C24H25N5O2S2. The van der Waals surface area contributed by atoms with Crippen molar-refractivity contribution in [2.45, 2.75) is 31.7 Å². The van der Waals surface area contributed by atoms with Crippen LogP contribution in [-0.4, -0.2) is 32.8 Å². The molecule has 0 bridgehead atoms. The molecule has 0 aliphatic rings. The molecule has 0 fully saturated rings. The zero-order valence-electron chi connectivity index (χ0n) is 19.2. The van der Waals surface area contributed by atoms with Crippen LogP contribution in [0.2, 0.25) is 0 Å². The van der Waals surface area contributed by atoms with Crippen LogP contribution in [0.5, 0.6) is 5.75 Å². The molecule has 0 unspecified atom stereocenters. The average Bonchev–Trinajstić information content (AvgIpc) is 3.40. The first kappa shape index (κ1) is 23.0. The van der Waals surface area contributed by atoms with Gasteiger partial charge in [0.05, 0.1) is 18.5 Å². The number of ether oxygens (including phenoxy) is 1. The Bertz CT molecular complexity index is 1280. The predicted molar refractivity (Wildman–Crippen MR) is 133 cm³/mol. The molecule has 2 aromatic carbocycles. The summed E-state index contributed by atoms with van der Waals surface area (Å²) < 4.78 is 7.19. The lowest BCUT2D eigenvalue weighted by atomic mass is 10.1. The Morgan fingerprint density at radius 1 is 1.15 bits per heavy atom. The highest BCUT2D eigenvalue weighted by atomic mass is 32.2. The summed E-state index contributed by atoms with van der Waals surface area (Å²) in [5.41, 5.74) is 4.93. The van der Waals surface area contributed by atoms with Gasteiger partial charge in [0.15, 0.2) is 16.1 Å². The van der Waals surface area contributed by atoms with Crippen molar-refractivity contribution in [1.82, 2.24) is 19.7 Å². The van der Waals surface area contributed by atoms with E-state index in [1.165, 1.54) is 11.3 Å². The third-order valence-corrected chi connectivity index (χ3v) is 7.10. The molecule has 0 aliphatic carbocycles. The molecule has 1 amide bonds. The smallest absolute Gasteiger partial charge is 0.230 e. The summed E-state index contributed by atoms with van der Waals surface area (Å²) in [4.78, 5) is 18.9. The van der Waals surface area contributed by atoms with Crippen LogP contribution in [0.3, 0.4) is 0 Å². The number of thiazole rings is 1. The van der Waals surface area contributed by atoms with Crippen molar-refractivity contribution in [2.75, 3.05) is 12.0 Å². The van der Waals surface area contributed by atoms with Crippen LogP contribution in [0.4, 0.5) is 10.8 Å². The standard InChI is InChI=1S/C24H25N5O2S2/c1-15-6-11-21(16(2)12-15)29(17(3)30)23-25-19(13-32-23)14-33-24-27-26-22(28(24)4)18-7-9-20(31-5)10-8-18/h6-13H,14H2,1-5H3. The van der Waals surface area contributed by atoms with Crippen LogP contribution in [-0.2, 0) is 17.6 Å². The zero-order valence-corrected chi connectivity index (χ0v) is 20.8. The molecule has 33 heavy (non-hydrogen) atoms. The maximum Gasteiger partial charge on any atom is 0.230 e. The average molecular weight is 480 g/mol. The Labute approximate surface area is 201 Å². The number of carbonyl (C=O) groups excluding carboxylic acids is 1. The molecule has 7 nitrogen and oxygen atoms in total. The highest BCUT2D eigenvalue weighted by Gasteiger charge is 2.20. The number of amides is 1. The van der Waals surface area contributed by atoms with E-state index in [2.05, 4.69) is 16.3 Å². The lowest BCUT2D eigenvalue weighted by molar-refractivity contribution is -0.115. The molecule has 0 radical (unpaired) electrons. The molecule has 0 saturated carbocycles. The number of rotatable bonds is 7. The molecule has 4 aromatic rings. The maximum atomic E-state index is 12.5. The van der Waals surface area contributed by atoms with Crippen molar-refractivity contribution in [3.63, 3.8) is 0 Å². The molecule has 2 aromatic heterocycles. The summed E-state index contributed by atoms with van der Waals surface area (Å²) in [6.07, 6.45) is 0. The Kier molecular flexibility index (Phi) is 6.80. The lowest BCUT2D eigenvalue weighted by Gasteiger charge is -2.20. The third-order valence-electron chi connectivity index (χ3n) is 5.17. The van der Waals surface area contributed by atoms with Crippen molar-refractivity contribution in [3.8, 4) is 17.1 Å². The van der Waals surface area contributed by atoms with Gasteiger partial charge in [-0.05, 0) is 49.7 Å². The van der Waals surface area contributed by atoms with Gasteiger partial charge >= 0.3 is 0 Å². The number of thioether (sulfide) groups is 1. The fourth-order valence-corrected chi connectivity index (χ4v) is 5.29. The Morgan fingerprint density at radius 2 is 1.91 bits per heavy atom. The predicted octanol–water partition coefficient (Wildman–Crippen LogP) is 5.54. The summed E-state index contributed by atoms with van der Waals surface area (Å²) in [6.45, 7) is 5.62. The van der Waals surface area contributed by atoms with E-state index < -0.39 is 0 Å². The van der Waals surface area contributed by atoms with E-state index in [4.69, 9.17) is 9.72 Å². The topological polar surface area (TPSA) is 73.1 Å². The summed E-state index contributed by atoms with van der Waals surface area (Å²) >= 11 is 3.03. The van der Waals surface area contributed by atoms with E-state index in [1.807, 2.05) is 67.2 Å².